The van der Waals surface area contributed by atoms with Gasteiger partial charge in [-0.1, -0.05) is 12.1 Å². The number of benzene rings is 1. The molecule has 1 heterocycles. The van der Waals surface area contributed by atoms with E-state index in [2.05, 4.69) is 11.5 Å². The van der Waals surface area contributed by atoms with E-state index < -0.39 is 0 Å². The summed E-state index contributed by atoms with van der Waals surface area (Å²) in [5.74, 6) is 6.27. The van der Waals surface area contributed by atoms with Gasteiger partial charge in [-0.15, -0.1) is 0 Å². The van der Waals surface area contributed by atoms with Crippen LogP contribution in [0.2, 0.25) is 0 Å². The van der Waals surface area contributed by atoms with Crippen LogP contribution in [0.4, 0.5) is 5.69 Å². The molecule has 0 unspecified atom stereocenters. The number of hydrogen-bond acceptors (Lipinski definition) is 3. The van der Waals surface area contributed by atoms with Crippen molar-refractivity contribution >= 4 is 5.69 Å². The smallest absolute Gasteiger partial charge is 0.146 e. The van der Waals surface area contributed by atoms with E-state index in [0.717, 1.165) is 30.9 Å². The Morgan fingerprint density at radius 1 is 1.42 bits per heavy atom. The summed E-state index contributed by atoms with van der Waals surface area (Å²) in [5, 5.41) is 0. The molecule has 0 aliphatic carbocycles. The molecular weight excluding hydrogens is 152 g/mol. The fraction of sp³-hybridized carbons (Fsp3) is 0.333. The van der Waals surface area contributed by atoms with Crippen LogP contribution in [0.25, 0.3) is 0 Å². The van der Waals surface area contributed by atoms with E-state index >= 15 is 0 Å². The molecule has 0 fully saturated rings. The summed E-state index contributed by atoms with van der Waals surface area (Å²) in [6.45, 7) is 0.797. The van der Waals surface area contributed by atoms with E-state index in [4.69, 9.17) is 10.6 Å². The Labute approximate surface area is 71.5 Å². The minimum atomic E-state index is 0.797. The van der Waals surface area contributed by atoms with Crippen molar-refractivity contribution in [1.82, 2.24) is 0 Å². The number of nitrogen functional groups attached to an aromatic ring is 1. The molecule has 0 saturated carbocycles. The van der Waals surface area contributed by atoms with Crippen molar-refractivity contribution in [3.05, 3.63) is 23.8 Å². The number of rotatable bonds is 1. The van der Waals surface area contributed by atoms with Gasteiger partial charge in [0.25, 0.3) is 0 Å². The molecule has 3 N–H and O–H groups in total. The molecule has 3 heteroatoms. The Morgan fingerprint density at radius 3 is 3.17 bits per heavy atom. The quantitative estimate of drug-likeness (QED) is 0.485. The molecule has 0 radical (unpaired) electrons. The van der Waals surface area contributed by atoms with E-state index in [1.165, 1.54) is 5.56 Å². The first-order valence-corrected chi connectivity index (χ1v) is 4.13. The van der Waals surface area contributed by atoms with Crippen LogP contribution < -0.4 is 16.0 Å². The highest BCUT2D eigenvalue weighted by Gasteiger charge is 2.12. The van der Waals surface area contributed by atoms with Crippen LogP contribution >= 0.6 is 0 Å². The van der Waals surface area contributed by atoms with Crippen LogP contribution in [-0.2, 0) is 6.42 Å². The molecule has 1 aliphatic rings. The fourth-order valence-corrected chi connectivity index (χ4v) is 1.50. The van der Waals surface area contributed by atoms with Crippen LogP contribution in [0.15, 0.2) is 18.2 Å². The average Bonchev–Trinajstić information content (AvgIpc) is 2.17. The maximum Gasteiger partial charge on any atom is 0.146 e. The molecule has 0 aromatic heterocycles. The fourth-order valence-electron chi connectivity index (χ4n) is 1.50. The summed E-state index contributed by atoms with van der Waals surface area (Å²) in [7, 11) is 0. The largest absolute Gasteiger partial charge is 0.491 e. The van der Waals surface area contributed by atoms with Gasteiger partial charge in [0.15, 0.2) is 0 Å². The van der Waals surface area contributed by atoms with Gasteiger partial charge in [-0.05, 0) is 24.5 Å². The van der Waals surface area contributed by atoms with E-state index in [-0.39, 0.29) is 0 Å². The predicted molar refractivity (Wildman–Crippen MR) is 48.1 cm³/mol. The normalized spacial score (nSPS) is 14.8. The minimum absolute atomic E-state index is 0.797. The van der Waals surface area contributed by atoms with Gasteiger partial charge in [0.1, 0.15) is 5.75 Å². The van der Waals surface area contributed by atoms with Crippen molar-refractivity contribution in [1.29, 1.82) is 0 Å². The zero-order valence-corrected chi connectivity index (χ0v) is 6.84. The lowest BCUT2D eigenvalue weighted by molar-refractivity contribution is 0.290. The lowest BCUT2D eigenvalue weighted by Gasteiger charge is -2.19. The van der Waals surface area contributed by atoms with Gasteiger partial charge in [0, 0.05) is 0 Å². The van der Waals surface area contributed by atoms with Crippen LogP contribution in [0.1, 0.15) is 12.0 Å². The van der Waals surface area contributed by atoms with E-state index in [1.807, 2.05) is 12.1 Å². The predicted octanol–water partition coefficient (Wildman–Crippen LogP) is 1.30. The standard InChI is InChI=1S/C9H12N2O/c10-11-8-5-1-3-7-4-2-6-12-9(7)8/h1,3,5,11H,2,4,6,10H2. The van der Waals surface area contributed by atoms with E-state index in [0.29, 0.717) is 0 Å². The number of ether oxygens (including phenoxy) is 1. The second-order valence-electron chi connectivity index (χ2n) is 2.89. The summed E-state index contributed by atoms with van der Waals surface area (Å²) in [6.07, 6.45) is 2.19. The number of fused-ring (bicyclic) bond motifs is 1. The monoisotopic (exact) mass is 164 g/mol. The van der Waals surface area contributed by atoms with Crippen LogP contribution in [0.5, 0.6) is 5.75 Å². The lowest BCUT2D eigenvalue weighted by Crippen LogP contribution is -2.14. The second kappa shape index (κ2) is 3.03. The Balaban J connectivity index is 2.44. The van der Waals surface area contributed by atoms with E-state index in [9.17, 15) is 0 Å². The third-order valence-corrected chi connectivity index (χ3v) is 2.09. The molecule has 12 heavy (non-hydrogen) atoms. The minimum Gasteiger partial charge on any atom is -0.491 e. The Kier molecular flexibility index (Phi) is 1.87. The zero-order chi connectivity index (χ0) is 8.39. The highest BCUT2D eigenvalue weighted by Crippen LogP contribution is 2.31. The number of anilines is 1. The second-order valence-corrected chi connectivity index (χ2v) is 2.89. The summed E-state index contributed by atoms with van der Waals surface area (Å²) < 4.78 is 5.50. The molecule has 1 aromatic rings. The third-order valence-electron chi connectivity index (χ3n) is 2.09. The first kappa shape index (κ1) is 7.43. The SMILES string of the molecule is NNc1cccc2c1OCCC2. The third kappa shape index (κ3) is 1.12. The summed E-state index contributed by atoms with van der Waals surface area (Å²) in [4.78, 5) is 0. The maximum atomic E-state index is 5.50. The molecule has 3 nitrogen and oxygen atoms in total. The molecule has 1 aliphatic heterocycles. The van der Waals surface area contributed by atoms with Gasteiger partial charge in [0.2, 0.25) is 0 Å². The van der Waals surface area contributed by atoms with Crippen molar-refractivity contribution in [3.63, 3.8) is 0 Å². The first-order chi connectivity index (χ1) is 5.92. The van der Waals surface area contributed by atoms with Gasteiger partial charge in [-0.2, -0.15) is 0 Å². The first-order valence-electron chi connectivity index (χ1n) is 4.13. The Bertz CT molecular complexity index is 272. The summed E-state index contributed by atoms with van der Waals surface area (Å²) in [5.41, 5.74) is 4.76. The van der Waals surface area contributed by atoms with Gasteiger partial charge in [-0.25, -0.2) is 0 Å². The molecule has 1 aromatic carbocycles. The van der Waals surface area contributed by atoms with Crippen LogP contribution in [-0.4, -0.2) is 6.61 Å². The maximum absolute atomic E-state index is 5.50. The van der Waals surface area contributed by atoms with Crippen molar-refractivity contribution in [2.75, 3.05) is 12.0 Å². The van der Waals surface area contributed by atoms with Gasteiger partial charge in [0.05, 0.1) is 12.3 Å². The van der Waals surface area contributed by atoms with Gasteiger partial charge < -0.3 is 10.2 Å². The van der Waals surface area contributed by atoms with Crippen molar-refractivity contribution in [2.24, 2.45) is 5.84 Å². The lowest BCUT2D eigenvalue weighted by atomic mass is 10.1. The number of hydrazine groups is 1. The number of nitrogens with two attached hydrogens (primary N) is 1. The number of hydrogen-bond donors (Lipinski definition) is 2. The molecule has 2 rings (SSSR count). The molecule has 0 bridgehead atoms. The van der Waals surface area contributed by atoms with Crippen molar-refractivity contribution in [2.45, 2.75) is 12.8 Å². The average molecular weight is 164 g/mol. The molecule has 0 amide bonds. The van der Waals surface area contributed by atoms with Crippen LogP contribution in [0.3, 0.4) is 0 Å². The molecule has 0 saturated heterocycles. The highest BCUT2D eigenvalue weighted by molar-refractivity contribution is 5.59. The van der Waals surface area contributed by atoms with Crippen molar-refractivity contribution in [3.8, 4) is 5.75 Å². The molecular formula is C9H12N2O. The number of nitrogens with one attached hydrogen (secondary N) is 1. The number of para-hydroxylation sites is 1. The van der Waals surface area contributed by atoms with Crippen LogP contribution in [0, 0.1) is 0 Å². The van der Waals surface area contributed by atoms with Gasteiger partial charge in [-0.3, -0.25) is 5.84 Å². The Hall–Kier alpha value is -1.22. The molecule has 0 spiro atoms. The summed E-state index contributed by atoms with van der Waals surface area (Å²) in [6, 6.07) is 5.99. The zero-order valence-electron chi connectivity index (χ0n) is 6.84. The summed E-state index contributed by atoms with van der Waals surface area (Å²) >= 11 is 0. The van der Waals surface area contributed by atoms with Crippen molar-refractivity contribution < 1.29 is 4.74 Å². The Morgan fingerprint density at radius 2 is 2.33 bits per heavy atom. The topological polar surface area (TPSA) is 47.3 Å². The highest BCUT2D eigenvalue weighted by atomic mass is 16.5. The van der Waals surface area contributed by atoms with E-state index in [1.54, 1.807) is 0 Å². The van der Waals surface area contributed by atoms with Gasteiger partial charge >= 0.3 is 0 Å². The molecule has 64 valence electrons. The number of aryl methyl sites for hydroxylation is 1. The molecule has 0 atom stereocenters.